The lowest BCUT2D eigenvalue weighted by atomic mass is 9.99. The second-order valence-electron chi connectivity index (χ2n) is 10.0. The number of carbonyl (C=O) groups is 1. The van der Waals surface area contributed by atoms with E-state index in [-0.39, 0.29) is 13.0 Å². The number of hydrogen-bond donors (Lipinski definition) is 4. The fourth-order valence-corrected chi connectivity index (χ4v) is 5.63. The lowest BCUT2D eigenvalue weighted by Gasteiger charge is -2.16. The number of aliphatic carboxylic acids is 1. The number of rotatable bonds is 12. The fraction of sp³-hybridized carbons (Fsp3) is 0.250. The molecule has 0 bridgehead atoms. The van der Waals surface area contributed by atoms with E-state index in [1.807, 2.05) is 54.6 Å². The molecule has 44 heavy (non-hydrogen) atoms. The number of ether oxygens (including phenoxy) is 2. The van der Waals surface area contributed by atoms with Crippen molar-refractivity contribution in [2.45, 2.75) is 19.1 Å². The van der Waals surface area contributed by atoms with Crippen LogP contribution in [0.1, 0.15) is 17.5 Å². The van der Waals surface area contributed by atoms with Crippen LogP contribution in [-0.4, -0.2) is 71.9 Å². The number of benzene rings is 2. The second-order valence-corrected chi connectivity index (χ2v) is 10.8. The molecule has 4 N–H and O–H groups in total. The summed E-state index contributed by atoms with van der Waals surface area (Å²) in [6.45, 7) is 1.98. The van der Waals surface area contributed by atoms with Gasteiger partial charge in [-0.25, -0.2) is 4.98 Å². The number of halogens is 2. The molecule has 0 saturated heterocycles. The smallest absolute Gasteiger partial charge is 0.306 e. The molecule has 228 valence electrons. The van der Waals surface area contributed by atoms with Crippen LogP contribution < -0.4 is 20.1 Å². The van der Waals surface area contributed by atoms with Crippen LogP contribution in [0.25, 0.3) is 33.6 Å². The van der Waals surface area contributed by atoms with Crippen molar-refractivity contribution >= 4 is 35.0 Å². The number of nitrogens with zero attached hydrogens (tertiary/aromatic N) is 3. The van der Waals surface area contributed by atoms with Crippen LogP contribution in [0.3, 0.4) is 0 Å². The van der Waals surface area contributed by atoms with Crippen molar-refractivity contribution in [1.29, 1.82) is 0 Å². The Morgan fingerprint density at radius 2 is 1.82 bits per heavy atom. The molecule has 0 aliphatic carbocycles. The van der Waals surface area contributed by atoms with Gasteiger partial charge in [0, 0.05) is 53.6 Å². The summed E-state index contributed by atoms with van der Waals surface area (Å²) >= 11 is 14.0. The first-order chi connectivity index (χ1) is 21.3. The number of aromatic nitrogens is 2. The number of aliphatic hydroxyl groups is 1. The molecule has 0 unspecified atom stereocenters. The normalized spacial score (nSPS) is 13.2. The van der Waals surface area contributed by atoms with Gasteiger partial charge in [-0.05, 0) is 24.3 Å². The summed E-state index contributed by atoms with van der Waals surface area (Å²) < 4.78 is 11.2. The summed E-state index contributed by atoms with van der Waals surface area (Å²) in [5.74, 6) is 0.741. The molecule has 1 atom stereocenters. The Morgan fingerprint density at radius 1 is 1.02 bits per heavy atom. The number of aliphatic imine (C=N–C) groups is 1. The van der Waals surface area contributed by atoms with E-state index in [1.165, 1.54) is 0 Å². The van der Waals surface area contributed by atoms with Crippen LogP contribution in [0.5, 0.6) is 11.6 Å². The molecule has 1 aliphatic heterocycles. The molecule has 4 aromatic rings. The fourth-order valence-electron chi connectivity index (χ4n) is 4.98. The van der Waals surface area contributed by atoms with Crippen LogP contribution in [0, 0.1) is 0 Å². The topological polar surface area (TPSA) is 138 Å². The lowest BCUT2D eigenvalue weighted by Crippen LogP contribution is -2.28. The number of pyridine rings is 2. The molecule has 0 spiro atoms. The molecule has 0 radical (unpaired) electrons. The Bertz CT molecular complexity index is 1710. The van der Waals surface area contributed by atoms with Crippen molar-refractivity contribution < 1.29 is 24.5 Å². The third-order valence-electron chi connectivity index (χ3n) is 7.10. The zero-order valence-corrected chi connectivity index (χ0v) is 25.6. The standard InChI is InChI=1S/C32H31Cl2N5O5/c1-43-26-14-18(6-7-19(26)16-35-17-20(40)15-27(41)42)30-29(34)22(10-11-36-30)21-4-3-5-23(28(21)33)25-9-8-24(32(39-25)44-2)31-37-12-13-38-31/h3-11,14,20,35,40H,12-13,15-17H2,1-2H3,(H,37,38)(H,41,42)/t20-/m0/s1. The summed E-state index contributed by atoms with van der Waals surface area (Å²) in [7, 11) is 3.14. The van der Waals surface area contributed by atoms with E-state index in [0.29, 0.717) is 51.7 Å². The molecular formula is C32H31Cl2N5O5. The Morgan fingerprint density at radius 3 is 2.55 bits per heavy atom. The average molecular weight is 637 g/mol. The number of methoxy groups -OCH3 is 2. The van der Waals surface area contributed by atoms with Crippen LogP contribution in [-0.2, 0) is 11.3 Å². The molecule has 12 heteroatoms. The first kappa shape index (κ1) is 31.2. The predicted octanol–water partition coefficient (Wildman–Crippen LogP) is 5.08. The van der Waals surface area contributed by atoms with E-state index in [1.54, 1.807) is 20.4 Å². The van der Waals surface area contributed by atoms with E-state index in [2.05, 4.69) is 20.6 Å². The van der Waals surface area contributed by atoms with Gasteiger partial charge in [-0.2, -0.15) is 0 Å². The predicted molar refractivity (Wildman–Crippen MR) is 171 cm³/mol. The number of amidine groups is 1. The largest absolute Gasteiger partial charge is 0.496 e. The van der Waals surface area contributed by atoms with E-state index in [9.17, 15) is 9.90 Å². The minimum Gasteiger partial charge on any atom is -0.496 e. The molecule has 3 heterocycles. The van der Waals surface area contributed by atoms with Crippen LogP contribution in [0.2, 0.25) is 10.0 Å². The Balaban J connectivity index is 1.43. The molecule has 2 aromatic heterocycles. The van der Waals surface area contributed by atoms with Crippen LogP contribution in [0.4, 0.5) is 0 Å². The Kier molecular flexibility index (Phi) is 9.96. The van der Waals surface area contributed by atoms with Crippen LogP contribution >= 0.6 is 23.2 Å². The van der Waals surface area contributed by atoms with Crippen molar-refractivity contribution in [3.8, 4) is 45.3 Å². The number of carboxylic acid groups (broad SMARTS) is 1. The molecule has 0 amide bonds. The first-order valence-corrected chi connectivity index (χ1v) is 14.6. The van der Waals surface area contributed by atoms with Gasteiger partial charge in [0.25, 0.3) is 0 Å². The quantitative estimate of drug-likeness (QED) is 0.168. The monoisotopic (exact) mass is 635 g/mol. The van der Waals surface area contributed by atoms with Gasteiger partial charge in [-0.1, -0.05) is 53.5 Å². The molecule has 2 aromatic carbocycles. The van der Waals surface area contributed by atoms with Crippen molar-refractivity contribution in [2.75, 3.05) is 33.9 Å². The molecule has 0 fully saturated rings. The molecule has 1 aliphatic rings. The third kappa shape index (κ3) is 6.79. The summed E-state index contributed by atoms with van der Waals surface area (Å²) in [6.07, 6.45) is 0.355. The molecule has 0 saturated carbocycles. The van der Waals surface area contributed by atoms with Gasteiger partial charge >= 0.3 is 5.97 Å². The minimum atomic E-state index is -1.06. The van der Waals surface area contributed by atoms with E-state index < -0.39 is 12.1 Å². The number of nitrogens with one attached hydrogen (secondary N) is 2. The zero-order chi connectivity index (χ0) is 31.2. The van der Waals surface area contributed by atoms with E-state index >= 15 is 0 Å². The number of carboxylic acids is 1. The Hall–Kier alpha value is -4.22. The van der Waals surface area contributed by atoms with E-state index in [4.69, 9.17) is 42.8 Å². The maximum atomic E-state index is 10.8. The van der Waals surface area contributed by atoms with Crippen molar-refractivity contribution in [2.24, 2.45) is 4.99 Å². The van der Waals surface area contributed by atoms with Gasteiger partial charge in [-0.3, -0.25) is 14.8 Å². The minimum absolute atomic E-state index is 0.130. The highest BCUT2D eigenvalue weighted by Crippen LogP contribution is 2.42. The Labute approximate surface area is 264 Å². The average Bonchev–Trinajstić information content (AvgIpc) is 3.56. The maximum absolute atomic E-state index is 10.8. The van der Waals surface area contributed by atoms with Crippen LogP contribution in [0.15, 0.2) is 65.8 Å². The lowest BCUT2D eigenvalue weighted by molar-refractivity contribution is -0.139. The SMILES string of the molecule is COc1cc(-c2nccc(-c3cccc(-c4ccc(C5=NCCN5)c(OC)n4)c3Cl)c2Cl)ccc1CNC[C@@H](O)CC(=O)O. The van der Waals surface area contributed by atoms with Crippen molar-refractivity contribution in [3.05, 3.63) is 82.0 Å². The van der Waals surface area contributed by atoms with Gasteiger partial charge in [0.2, 0.25) is 5.88 Å². The summed E-state index contributed by atoms with van der Waals surface area (Å²) in [4.78, 5) is 24.5. The maximum Gasteiger partial charge on any atom is 0.306 e. The molecule has 5 rings (SSSR count). The van der Waals surface area contributed by atoms with Crippen molar-refractivity contribution in [1.82, 2.24) is 20.6 Å². The summed E-state index contributed by atoms with van der Waals surface area (Å²) in [5, 5.41) is 25.9. The van der Waals surface area contributed by atoms with Gasteiger partial charge in [0.1, 0.15) is 11.6 Å². The highest BCUT2D eigenvalue weighted by atomic mass is 35.5. The third-order valence-corrected chi connectivity index (χ3v) is 7.89. The first-order valence-electron chi connectivity index (χ1n) is 13.9. The van der Waals surface area contributed by atoms with Gasteiger partial charge in [-0.15, -0.1) is 0 Å². The number of aliphatic hydroxyl groups excluding tert-OH is 1. The summed E-state index contributed by atoms with van der Waals surface area (Å²) in [5.41, 5.74) is 5.69. The number of hydrogen-bond acceptors (Lipinski definition) is 9. The highest BCUT2D eigenvalue weighted by molar-refractivity contribution is 6.39. The second kappa shape index (κ2) is 14.0. The van der Waals surface area contributed by atoms with E-state index in [0.717, 1.165) is 40.2 Å². The molecule has 10 nitrogen and oxygen atoms in total. The van der Waals surface area contributed by atoms with Gasteiger partial charge < -0.3 is 30.3 Å². The summed E-state index contributed by atoms with van der Waals surface area (Å²) in [6, 6.07) is 16.9. The van der Waals surface area contributed by atoms with Crippen molar-refractivity contribution in [3.63, 3.8) is 0 Å². The van der Waals surface area contributed by atoms with Gasteiger partial charge in [0.15, 0.2) is 0 Å². The van der Waals surface area contributed by atoms with Gasteiger partial charge in [0.05, 0.1) is 60.3 Å². The molecular weight excluding hydrogens is 605 g/mol. The highest BCUT2D eigenvalue weighted by Gasteiger charge is 2.20. The zero-order valence-electron chi connectivity index (χ0n) is 24.1.